The van der Waals surface area contributed by atoms with E-state index in [1.165, 1.54) is 47.5 Å². The summed E-state index contributed by atoms with van der Waals surface area (Å²) in [5.41, 5.74) is 4.26. The summed E-state index contributed by atoms with van der Waals surface area (Å²) in [6.45, 7) is 0. The number of hydrogen-bond acceptors (Lipinski definition) is 2. The molecule has 1 aromatic carbocycles. The second-order valence-electron chi connectivity index (χ2n) is 3.85. The highest BCUT2D eigenvalue weighted by Gasteiger charge is 2.12. The molecule has 2 aromatic rings. The van der Waals surface area contributed by atoms with E-state index in [4.69, 9.17) is 11.6 Å². The fourth-order valence-electron chi connectivity index (χ4n) is 2.11. The third-order valence-electron chi connectivity index (χ3n) is 2.86. The van der Waals surface area contributed by atoms with Crippen LogP contribution in [0.5, 0.6) is 0 Å². The lowest BCUT2D eigenvalue weighted by molar-refractivity contribution is 0.912. The van der Waals surface area contributed by atoms with Gasteiger partial charge in [-0.1, -0.05) is 29.8 Å². The molecular formula is C12H10ClNS. The van der Waals surface area contributed by atoms with Gasteiger partial charge in [0, 0.05) is 0 Å². The van der Waals surface area contributed by atoms with Crippen molar-refractivity contribution in [1.29, 1.82) is 0 Å². The number of fused-ring (bicyclic) bond motifs is 1. The quantitative estimate of drug-likeness (QED) is 0.729. The van der Waals surface area contributed by atoms with Gasteiger partial charge in [-0.05, 0) is 53.6 Å². The summed E-state index contributed by atoms with van der Waals surface area (Å²) in [5.74, 6) is 0. The predicted octanol–water partition coefficient (Wildman–Crippen LogP) is 3.95. The maximum atomic E-state index is 5.83. The predicted molar refractivity (Wildman–Crippen MR) is 64.6 cm³/mol. The minimum atomic E-state index is 0.593. The number of rotatable bonds is 1. The van der Waals surface area contributed by atoms with Crippen molar-refractivity contribution >= 4 is 23.1 Å². The maximum Gasteiger partial charge on any atom is 0.143 e. The summed E-state index contributed by atoms with van der Waals surface area (Å²) in [6.07, 6.45) is 3.75. The summed E-state index contributed by atoms with van der Waals surface area (Å²) in [5, 5.41) is 0.593. The highest BCUT2D eigenvalue weighted by Crippen LogP contribution is 2.31. The van der Waals surface area contributed by atoms with Crippen LogP contribution in [0.2, 0.25) is 5.15 Å². The Kier molecular flexibility index (Phi) is 2.26. The molecule has 1 nitrogen and oxygen atoms in total. The number of aryl methyl sites for hydroxylation is 2. The molecule has 1 heterocycles. The van der Waals surface area contributed by atoms with Crippen molar-refractivity contribution in [3.63, 3.8) is 0 Å². The molecule has 0 aliphatic heterocycles. The number of halogens is 1. The lowest BCUT2D eigenvalue weighted by Gasteiger charge is -2.01. The minimum absolute atomic E-state index is 0.593. The standard InChI is InChI=1S/C12H10ClNS/c13-12-7-11(15-14-12)10-5-4-8-2-1-3-9(8)6-10/h4-7H,1-3H2. The van der Waals surface area contributed by atoms with Crippen LogP contribution in [-0.2, 0) is 12.8 Å². The number of benzene rings is 1. The van der Waals surface area contributed by atoms with E-state index in [0.717, 1.165) is 4.88 Å². The molecule has 15 heavy (non-hydrogen) atoms. The van der Waals surface area contributed by atoms with E-state index in [-0.39, 0.29) is 0 Å². The first-order valence-electron chi connectivity index (χ1n) is 5.07. The van der Waals surface area contributed by atoms with Crippen LogP contribution in [-0.4, -0.2) is 4.37 Å². The third kappa shape index (κ3) is 1.68. The van der Waals surface area contributed by atoms with E-state index >= 15 is 0 Å². The molecule has 0 atom stereocenters. The van der Waals surface area contributed by atoms with Crippen molar-refractivity contribution in [1.82, 2.24) is 4.37 Å². The van der Waals surface area contributed by atoms with Crippen LogP contribution < -0.4 is 0 Å². The van der Waals surface area contributed by atoms with Gasteiger partial charge in [-0.3, -0.25) is 0 Å². The molecule has 0 saturated heterocycles. The van der Waals surface area contributed by atoms with Crippen molar-refractivity contribution < 1.29 is 0 Å². The Morgan fingerprint density at radius 3 is 2.80 bits per heavy atom. The lowest BCUT2D eigenvalue weighted by Crippen LogP contribution is -1.82. The van der Waals surface area contributed by atoms with Crippen LogP contribution in [0.15, 0.2) is 24.3 Å². The van der Waals surface area contributed by atoms with Crippen LogP contribution in [0, 0.1) is 0 Å². The summed E-state index contributed by atoms with van der Waals surface area (Å²) in [4.78, 5) is 1.16. The molecule has 1 aliphatic carbocycles. The minimum Gasteiger partial charge on any atom is -0.180 e. The molecule has 3 heteroatoms. The van der Waals surface area contributed by atoms with Gasteiger partial charge < -0.3 is 0 Å². The lowest BCUT2D eigenvalue weighted by atomic mass is 10.1. The number of hydrogen-bond donors (Lipinski definition) is 0. The zero-order valence-corrected chi connectivity index (χ0v) is 9.74. The van der Waals surface area contributed by atoms with Gasteiger partial charge in [0.15, 0.2) is 0 Å². The summed E-state index contributed by atoms with van der Waals surface area (Å²) < 4.78 is 4.09. The van der Waals surface area contributed by atoms with Crippen molar-refractivity contribution in [2.45, 2.75) is 19.3 Å². The Morgan fingerprint density at radius 1 is 1.13 bits per heavy atom. The third-order valence-corrected chi connectivity index (χ3v) is 4.00. The highest BCUT2D eigenvalue weighted by atomic mass is 35.5. The van der Waals surface area contributed by atoms with E-state index in [0.29, 0.717) is 5.15 Å². The largest absolute Gasteiger partial charge is 0.180 e. The van der Waals surface area contributed by atoms with Crippen LogP contribution >= 0.6 is 23.1 Å². The second kappa shape index (κ2) is 3.62. The first kappa shape index (κ1) is 9.37. The smallest absolute Gasteiger partial charge is 0.143 e. The van der Waals surface area contributed by atoms with Crippen LogP contribution in [0.3, 0.4) is 0 Å². The molecule has 0 unspecified atom stereocenters. The molecule has 3 rings (SSSR count). The van der Waals surface area contributed by atoms with Gasteiger partial charge in [0.1, 0.15) is 5.15 Å². The van der Waals surface area contributed by atoms with Gasteiger partial charge in [0.25, 0.3) is 0 Å². The van der Waals surface area contributed by atoms with Crippen LogP contribution in [0.1, 0.15) is 17.5 Å². The summed E-state index contributed by atoms with van der Waals surface area (Å²) in [7, 11) is 0. The molecule has 1 aliphatic rings. The van der Waals surface area contributed by atoms with Crippen molar-refractivity contribution in [3.05, 3.63) is 40.5 Å². The zero-order chi connectivity index (χ0) is 10.3. The SMILES string of the molecule is Clc1cc(-c2ccc3c(c2)CCC3)sn1. The van der Waals surface area contributed by atoms with Gasteiger partial charge in [-0.2, -0.15) is 4.37 Å². The summed E-state index contributed by atoms with van der Waals surface area (Å²) >= 11 is 7.29. The number of aromatic nitrogens is 1. The van der Waals surface area contributed by atoms with Gasteiger partial charge in [0.2, 0.25) is 0 Å². The first-order valence-corrected chi connectivity index (χ1v) is 6.22. The van der Waals surface area contributed by atoms with E-state index in [2.05, 4.69) is 22.6 Å². The topological polar surface area (TPSA) is 12.9 Å². The highest BCUT2D eigenvalue weighted by molar-refractivity contribution is 7.09. The van der Waals surface area contributed by atoms with E-state index < -0.39 is 0 Å². The van der Waals surface area contributed by atoms with E-state index in [9.17, 15) is 0 Å². The average Bonchev–Trinajstić information content (AvgIpc) is 2.84. The Balaban J connectivity index is 2.06. The Bertz CT molecular complexity index is 504. The molecule has 0 saturated carbocycles. The van der Waals surface area contributed by atoms with Gasteiger partial charge >= 0.3 is 0 Å². The molecule has 0 fully saturated rings. The van der Waals surface area contributed by atoms with Crippen LogP contribution in [0.25, 0.3) is 10.4 Å². The fraction of sp³-hybridized carbons (Fsp3) is 0.250. The Morgan fingerprint density at radius 2 is 2.00 bits per heavy atom. The molecular weight excluding hydrogens is 226 g/mol. The zero-order valence-electron chi connectivity index (χ0n) is 8.16. The fourth-order valence-corrected chi connectivity index (χ4v) is 3.03. The molecule has 76 valence electrons. The van der Waals surface area contributed by atoms with Crippen molar-refractivity contribution in [3.8, 4) is 10.4 Å². The molecule has 0 amide bonds. The normalized spacial score (nSPS) is 14.2. The maximum absolute atomic E-state index is 5.83. The van der Waals surface area contributed by atoms with Crippen molar-refractivity contribution in [2.24, 2.45) is 0 Å². The Hall–Kier alpha value is -0.860. The molecule has 0 bridgehead atoms. The van der Waals surface area contributed by atoms with Gasteiger partial charge in [0.05, 0.1) is 4.88 Å². The van der Waals surface area contributed by atoms with Gasteiger partial charge in [-0.15, -0.1) is 0 Å². The summed E-state index contributed by atoms with van der Waals surface area (Å²) in [6, 6.07) is 8.63. The second-order valence-corrected chi connectivity index (χ2v) is 5.04. The number of nitrogens with zero attached hydrogens (tertiary/aromatic N) is 1. The molecule has 1 aromatic heterocycles. The molecule has 0 radical (unpaired) electrons. The molecule has 0 N–H and O–H groups in total. The van der Waals surface area contributed by atoms with E-state index in [1.807, 2.05) is 6.07 Å². The Labute approximate surface area is 97.9 Å². The average molecular weight is 236 g/mol. The van der Waals surface area contributed by atoms with Gasteiger partial charge in [-0.25, -0.2) is 0 Å². The monoisotopic (exact) mass is 235 g/mol. The van der Waals surface area contributed by atoms with Crippen molar-refractivity contribution in [2.75, 3.05) is 0 Å². The van der Waals surface area contributed by atoms with Crippen LogP contribution in [0.4, 0.5) is 0 Å². The first-order chi connectivity index (χ1) is 7.33. The van der Waals surface area contributed by atoms with E-state index in [1.54, 1.807) is 0 Å². The molecule has 0 spiro atoms.